The van der Waals surface area contributed by atoms with Crippen molar-refractivity contribution in [2.45, 2.75) is 71.4 Å². The third-order valence-electron chi connectivity index (χ3n) is 5.99. The quantitative estimate of drug-likeness (QED) is 0.479. The smallest absolute Gasteiger partial charge is 0.219 e. The van der Waals surface area contributed by atoms with Gasteiger partial charge >= 0.3 is 0 Å². The normalized spacial score (nSPS) is 35.3. The standard InChI is InChI=1S/C19H35NO5/c1-4-17(21)20-10-11-24-18(22)13(2)15-7-5-6-14-8-9-19(3,23)25-12-16(14)15/h13-16,18,22-23H,4-12H2,1-3H3,(H,20,21). The lowest BCUT2D eigenvalue weighted by atomic mass is 9.66. The molecule has 1 saturated heterocycles. The van der Waals surface area contributed by atoms with Crippen LogP contribution in [0.15, 0.2) is 0 Å². The molecule has 6 unspecified atom stereocenters. The van der Waals surface area contributed by atoms with Gasteiger partial charge in [-0.25, -0.2) is 0 Å². The fourth-order valence-corrected chi connectivity index (χ4v) is 4.32. The van der Waals surface area contributed by atoms with Gasteiger partial charge in [-0.3, -0.25) is 4.79 Å². The van der Waals surface area contributed by atoms with Crippen molar-refractivity contribution in [1.82, 2.24) is 5.32 Å². The Kier molecular flexibility index (Phi) is 7.68. The van der Waals surface area contributed by atoms with Gasteiger partial charge in [0.25, 0.3) is 0 Å². The Morgan fingerprint density at radius 3 is 2.88 bits per heavy atom. The molecule has 2 rings (SSSR count). The van der Waals surface area contributed by atoms with E-state index in [9.17, 15) is 15.0 Å². The molecule has 0 aromatic rings. The maximum Gasteiger partial charge on any atom is 0.219 e. The topological polar surface area (TPSA) is 88.0 Å². The number of hydrogen-bond acceptors (Lipinski definition) is 5. The molecule has 1 amide bonds. The molecule has 1 heterocycles. The van der Waals surface area contributed by atoms with Crippen LogP contribution in [0.5, 0.6) is 0 Å². The van der Waals surface area contributed by atoms with Crippen LogP contribution in [-0.4, -0.2) is 48.0 Å². The summed E-state index contributed by atoms with van der Waals surface area (Å²) in [5.74, 6) is 0.192. The van der Waals surface area contributed by atoms with Gasteiger partial charge in [-0.2, -0.15) is 0 Å². The minimum Gasteiger partial charge on any atom is -0.368 e. The minimum absolute atomic E-state index is 0.00123. The van der Waals surface area contributed by atoms with Crippen molar-refractivity contribution in [3.63, 3.8) is 0 Å². The Balaban J connectivity index is 1.86. The first-order valence-electron chi connectivity index (χ1n) is 9.76. The molecular formula is C19H35NO5. The van der Waals surface area contributed by atoms with Gasteiger partial charge in [0.2, 0.25) is 5.91 Å². The number of hydrogen-bond donors (Lipinski definition) is 3. The summed E-state index contributed by atoms with van der Waals surface area (Å²) < 4.78 is 11.3. The third-order valence-corrected chi connectivity index (χ3v) is 5.99. The zero-order chi connectivity index (χ0) is 18.4. The van der Waals surface area contributed by atoms with Gasteiger partial charge in [-0.1, -0.05) is 26.7 Å². The van der Waals surface area contributed by atoms with Crippen molar-refractivity contribution in [2.75, 3.05) is 19.8 Å². The fourth-order valence-electron chi connectivity index (χ4n) is 4.32. The van der Waals surface area contributed by atoms with Gasteiger partial charge in [0.15, 0.2) is 12.1 Å². The van der Waals surface area contributed by atoms with Gasteiger partial charge in [-0.15, -0.1) is 0 Å². The van der Waals surface area contributed by atoms with E-state index in [0.29, 0.717) is 50.4 Å². The maximum absolute atomic E-state index is 11.2. The van der Waals surface area contributed by atoms with E-state index in [0.717, 1.165) is 19.3 Å². The highest BCUT2D eigenvalue weighted by Crippen LogP contribution is 2.45. The van der Waals surface area contributed by atoms with E-state index >= 15 is 0 Å². The molecule has 0 radical (unpaired) electrons. The van der Waals surface area contributed by atoms with Crippen LogP contribution >= 0.6 is 0 Å². The summed E-state index contributed by atoms with van der Waals surface area (Å²) in [7, 11) is 0. The second kappa shape index (κ2) is 9.31. The Morgan fingerprint density at radius 2 is 2.16 bits per heavy atom. The fraction of sp³-hybridized carbons (Fsp3) is 0.947. The van der Waals surface area contributed by atoms with Crippen molar-refractivity contribution in [2.24, 2.45) is 23.7 Å². The highest BCUT2D eigenvalue weighted by molar-refractivity contribution is 5.75. The van der Waals surface area contributed by atoms with Crippen molar-refractivity contribution in [3.8, 4) is 0 Å². The van der Waals surface area contributed by atoms with Gasteiger partial charge < -0.3 is 25.0 Å². The second-order valence-corrected chi connectivity index (χ2v) is 7.87. The van der Waals surface area contributed by atoms with Gasteiger partial charge in [-0.05, 0) is 37.5 Å². The highest BCUT2D eigenvalue weighted by atomic mass is 16.6. The Bertz CT molecular complexity index is 428. The van der Waals surface area contributed by atoms with Crippen LogP contribution in [0.3, 0.4) is 0 Å². The molecule has 2 fully saturated rings. The van der Waals surface area contributed by atoms with Crippen molar-refractivity contribution >= 4 is 5.91 Å². The van der Waals surface area contributed by atoms with Crippen LogP contribution in [0.4, 0.5) is 0 Å². The molecule has 0 bridgehead atoms. The molecule has 146 valence electrons. The minimum atomic E-state index is -1.03. The zero-order valence-electron chi connectivity index (χ0n) is 15.9. The van der Waals surface area contributed by atoms with Gasteiger partial charge in [0.1, 0.15) is 0 Å². The zero-order valence-corrected chi connectivity index (χ0v) is 15.9. The van der Waals surface area contributed by atoms with Crippen LogP contribution in [-0.2, 0) is 14.3 Å². The first kappa shape index (κ1) is 20.6. The molecule has 6 heteroatoms. The number of amides is 1. The molecule has 1 aliphatic carbocycles. The maximum atomic E-state index is 11.2. The molecule has 1 aliphatic heterocycles. The predicted octanol–water partition coefficient (Wildman–Crippen LogP) is 2.04. The number of carbonyl (C=O) groups excluding carboxylic acids is 1. The van der Waals surface area contributed by atoms with Crippen molar-refractivity contribution in [3.05, 3.63) is 0 Å². The van der Waals surface area contributed by atoms with E-state index in [-0.39, 0.29) is 11.8 Å². The molecule has 0 aromatic carbocycles. The number of fused-ring (bicyclic) bond motifs is 1. The lowest BCUT2D eigenvalue weighted by Crippen LogP contribution is -2.40. The Labute approximate surface area is 151 Å². The molecule has 3 N–H and O–H groups in total. The van der Waals surface area contributed by atoms with E-state index in [1.807, 2.05) is 6.92 Å². The number of nitrogens with one attached hydrogen (secondary N) is 1. The number of aliphatic hydroxyl groups excluding tert-OH is 1. The first-order chi connectivity index (χ1) is 11.8. The summed E-state index contributed by atoms with van der Waals surface area (Å²) in [6.45, 7) is 6.85. The van der Waals surface area contributed by atoms with Crippen molar-refractivity contribution in [1.29, 1.82) is 0 Å². The molecule has 1 saturated carbocycles. The lowest BCUT2D eigenvalue weighted by molar-refractivity contribution is -0.200. The largest absolute Gasteiger partial charge is 0.368 e. The third kappa shape index (κ3) is 5.91. The van der Waals surface area contributed by atoms with Crippen LogP contribution in [0.25, 0.3) is 0 Å². The Morgan fingerprint density at radius 1 is 1.40 bits per heavy atom. The summed E-state index contributed by atoms with van der Waals surface area (Å²) in [6.07, 6.45) is 4.64. The predicted molar refractivity (Wildman–Crippen MR) is 94.6 cm³/mol. The molecule has 0 spiro atoms. The summed E-state index contributed by atoms with van der Waals surface area (Å²) in [4.78, 5) is 11.2. The molecule has 6 nitrogen and oxygen atoms in total. The number of rotatable bonds is 7. The van der Waals surface area contributed by atoms with Crippen LogP contribution in [0, 0.1) is 23.7 Å². The van der Waals surface area contributed by atoms with E-state index in [4.69, 9.17) is 9.47 Å². The lowest BCUT2D eigenvalue weighted by Gasteiger charge is -2.41. The van der Waals surface area contributed by atoms with E-state index in [1.165, 1.54) is 6.42 Å². The molecule has 2 aliphatic rings. The van der Waals surface area contributed by atoms with Gasteiger partial charge in [0, 0.05) is 25.3 Å². The van der Waals surface area contributed by atoms with E-state index in [1.54, 1.807) is 13.8 Å². The molecular weight excluding hydrogens is 322 g/mol. The highest BCUT2D eigenvalue weighted by Gasteiger charge is 2.42. The average Bonchev–Trinajstić information content (AvgIpc) is 2.76. The summed E-state index contributed by atoms with van der Waals surface area (Å²) in [5, 5.41) is 23.4. The van der Waals surface area contributed by atoms with E-state index < -0.39 is 12.1 Å². The number of ether oxygens (including phenoxy) is 2. The summed E-state index contributed by atoms with van der Waals surface area (Å²) in [5.41, 5.74) is 0. The van der Waals surface area contributed by atoms with Crippen LogP contribution < -0.4 is 5.32 Å². The Hall–Kier alpha value is -0.690. The molecule has 0 aromatic heterocycles. The summed E-state index contributed by atoms with van der Waals surface area (Å²) >= 11 is 0. The van der Waals surface area contributed by atoms with Crippen LogP contribution in [0.2, 0.25) is 0 Å². The monoisotopic (exact) mass is 357 g/mol. The van der Waals surface area contributed by atoms with E-state index in [2.05, 4.69) is 5.32 Å². The summed E-state index contributed by atoms with van der Waals surface area (Å²) in [6, 6.07) is 0. The van der Waals surface area contributed by atoms with Crippen LogP contribution in [0.1, 0.15) is 59.3 Å². The number of aliphatic hydroxyl groups is 2. The first-order valence-corrected chi connectivity index (χ1v) is 9.76. The van der Waals surface area contributed by atoms with Crippen molar-refractivity contribution < 1.29 is 24.5 Å². The SMILES string of the molecule is CCC(=O)NCCOC(O)C(C)C1CCCC2CCC(C)(O)OCC21. The van der Waals surface area contributed by atoms with Gasteiger partial charge in [0.05, 0.1) is 13.2 Å². The average molecular weight is 357 g/mol. The second-order valence-electron chi connectivity index (χ2n) is 7.87. The molecule has 25 heavy (non-hydrogen) atoms. The molecule has 6 atom stereocenters. The number of carbonyl (C=O) groups is 1.